The van der Waals surface area contributed by atoms with Gasteiger partial charge in [-0.2, -0.15) is 0 Å². The summed E-state index contributed by atoms with van der Waals surface area (Å²) in [5.74, 6) is 0.940. The summed E-state index contributed by atoms with van der Waals surface area (Å²) < 4.78 is 10.4. The molecule has 4 aromatic rings. The lowest BCUT2D eigenvalue weighted by Crippen LogP contribution is -2.02. The average molecular weight is 403 g/mol. The van der Waals surface area contributed by atoms with Crippen molar-refractivity contribution < 1.29 is 4.74 Å². The number of hydrogen-bond donors (Lipinski definition) is 0. The summed E-state index contributed by atoms with van der Waals surface area (Å²) in [5.41, 5.74) is 6.95. The molecular formula is C27H34N2O. The number of aryl methyl sites for hydroxylation is 5. The van der Waals surface area contributed by atoms with Gasteiger partial charge in [-0.15, -0.1) is 0 Å². The molecule has 158 valence electrons. The summed E-state index contributed by atoms with van der Waals surface area (Å²) in [6.45, 7) is 8.77. The lowest BCUT2D eigenvalue weighted by molar-refractivity contribution is 0.415. The average Bonchev–Trinajstić information content (AvgIpc) is 3.26. The first-order valence-electron chi connectivity index (χ1n) is 11.4. The molecule has 2 aromatic heterocycles. The minimum absolute atomic E-state index is 0.940. The van der Waals surface area contributed by atoms with Gasteiger partial charge in [0.1, 0.15) is 5.75 Å². The van der Waals surface area contributed by atoms with Crippen LogP contribution in [0.1, 0.15) is 49.8 Å². The van der Waals surface area contributed by atoms with E-state index >= 15 is 0 Å². The van der Waals surface area contributed by atoms with Crippen molar-refractivity contribution in [2.75, 3.05) is 7.11 Å². The van der Waals surface area contributed by atoms with Crippen LogP contribution in [-0.2, 0) is 25.9 Å². The number of nitrogens with zero attached hydrogens (tertiary/aromatic N) is 2. The predicted octanol–water partition coefficient (Wildman–Crippen LogP) is 6.91. The van der Waals surface area contributed by atoms with Crippen molar-refractivity contribution in [2.45, 2.75) is 66.0 Å². The fraction of sp³-hybridized carbons (Fsp3) is 0.407. The molecule has 4 rings (SSSR count). The van der Waals surface area contributed by atoms with E-state index in [0.717, 1.165) is 44.5 Å². The Morgan fingerprint density at radius 3 is 1.90 bits per heavy atom. The molecule has 0 saturated carbocycles. The van der Waals surface area contributed by atoms with E-state index in [4.69, 9.17) is 4.74 Å². The first-order chi connectivity index (χ1) is 14.6. The van der Waals surface area contributed by atoms with Crippen molar-refractivity contribution in [2.24, 2.45) is 0 Å². The van der Waals surface area contributed by atoms with E-state index in [1.807, 2.05) is 0 Å². The van der Waals surface area contributed by atoms with E-state index in [1.54, 1.807) is 7.11 Å². The summed E-state index contributed by atoms with van der Waals surface area (Å²) in [4.78, 5) is 0. The predicted molar refractivity (Wildman–Crippen MR) is 128 cm³/mol. The molecule has 0 unspecified atom stereocenters. The zero-order valence-corrected chi connectivity index (χ0v) is 18.9. The van der Waals surface area contributed by atoms with E-state index < -0.39 is 0 Å². The zero-order valence-electron chi connectivity index (χ0n) is 18.9. The molecule has 2 heterocycles. The molecule has 0 bridgehead atoms. The second kappa shape index (κ2) is 8.99. The standard InChI is InChI=1S/C27H34N2O/c1-5-8-21-18-28(26-12-10-20(3)16-24(21)26)14-7-15-29-19-22(9-6-2)25-17-23(30-4)11-13-27(25)29/h10-13,16-19H,5-9,14-15H2,1-4H3. The number of benzene rings is 2. The van der Waals surface area contributed by atoms with Gasteiger partial charge in [-0.05, 0) is 67.6 Å². The van der Waals surface area contributed by atoms with Crippen LogP contribution < -0.4 is 4.74 Å². The highest BCUT2D eigenvalue weighted by atomic mass is 16.5. The number of ether oxygens (including phenoxy) is 1. The van der Waals surface area contributed by atoms with Gasteiger partial charge in [0.25, 0.3) is 0 Å². The molecule has 3 nitrogen and oxygen atoms in total. The molecule has 0 N–H and O–H groups in total. The van der Waals surface area contributed by atoms with E-state index in [1.165, 1.54) is 44.9 Å². The Balaban J connectivity index is 1.57. The number of hydrogen-bond acceptors (Lipinski definition) is 1. The van der Waals surface area contributed by atoms with Crippen LogP contribution in [0.4, 0.5) is 0 Å². The van der Waals surface area contributed by atoms with Gasteiger partial charge in [0.15, 0.2) is 0 Å². The number of aromatic nitrogens is 2. The molecule has 30 heavy (non-hydrogen) atoms. The largest absolute Gasteiger partial charge is 0.497 e. The number of fused-ring (bicyclic) bond motifs is 2. The molecule has 2 aromatic carbocycles. The molecular weight excluding hydrogens is 368 g/mol. The molecule has 3 heteroatoms. The Labute approximate surface area is 180 Å². The van der Waals surface area contributed by atoms with Crippen molar-refractivity contribution in [1.29, 1.82) is 0 Å². The third kappa shape index (κ3) is 3.98. The molecule has 0 saturated heterocycles. The van der Waals surface area contributed by atoms with Gasteiger partial charge >= 0.3 is 0 Å². The molecule has 0 aliphatic heterocycles. The van der Waals surface area contributed by atoms with Gasteiger partial charge in [-0.1, -0.05) is 38.3 Å². The van der Waals surface area contributed by atoms with Crippen LogP contribution in [0, 0.1) is 6.92 Å². The van der Waals surface area contributed by atoms with E-state index in [2.05, 4.69) is 78.7 Å². The maximum Gasteiger partial charge on any atom is 0.119 e. The molecule has 0 amide bonds. The van der Waals surface area contributed by atoms with Crippen LogP contribution in [0.15, 0.2) is 48.8 Å². The van der Waals surface area contributed by atoms with Gasteiger partial charge in [0.05, 0.1) is 7.11 Å². The van der Waals surface area contributed by atoms with Gasteiger partial charge in [0.2, 0.25) is 0 Å². The van der Waals surface area contributed by atoms with Gasteiger partial charge in [0, 0.05) is 47.3 Å². The Morgan fingerprint density at radius 1 is 0.767 bits per heavy atom. The third-order valence-electron chi connectivity index (χ3n) is 6.13. The maximum atomic E-state index is 5.46. The molecule has 0 fully saturated rings. The fourth-order valence-corrected chi connectivity index (χ4v) is 4.68. The van der Waals surface area contributed by atoms with Crippen molar-refractivity contribution >= 4 is 21.8 Å². The number of methoxy groups -OCH3 is 1. The van der Waals surface area contributed by atoms with Crippen LogP contribution in [0.25, 0.3) is 21.8 Å². The van der Waals surface area contributed by atoms with Crippen molar-refractivity contribution in [1.82, 2.24) is 9.13 Å². The molecule has 0 atom stereocenters. The summed E-state index contributed by atoms with van der Waals surface area (Å²) in [6, 6.07) is 13.4. The molecule has 0 radical (unpaired) electrons. The van der Waals surface area contributed by atoms with E-state index in [-0.39, 0.29) is 0 Å². The highest BCUT2D eigenvalue weighted by Gasteiger charge is 2.11. The fourth-order valence-electron chi connectivity index (χ4n) is 4.68. The van der Waals surface area contributed by atoms with Crippen LogP contribution in [0.2, 0.25) is 0 Å². The summed E-state index contributed by atoms with van der Waals surface area (Å²) in [5, 5.41) is 2.77. The second-order valence-electron chi connectivity index (χ2n) is 8.45. The minimum atomic E-state index is 0.940. The lowest BCUT2D eigenvalue weighted by Gasteiger charge is -2.08. The Morgan fingerprint density at radius 2 is 1.33 bits per heavy atom. The summed E-state index contributed by atoms with van der Waals surface area (Å²) >= 11 is 0. The van der Waals surface area contributed by atoms with Gasteiger partial charge < -0.3 is 13.9 Å². The first-order valence-corrected chi connectivity index (χ1v) is 11.4. The van der Waals surface area contributed by atoms with E-state index in [9.17, 15) is 0 Å². The molecule has 0 spiro atoms. The van der Waals surface area contributed by atoms with Gasteiger partial charge in [-0.3, -0.25) is 0 Å². The van der Waals surface area contributed by atoms with Crippen LogP contribution in [0.3, 0.4) is 0 Å². The first kappa shape index (κ1) is 20.6. The SMILES string of the molecule is CCCc1cn(CCCn2cc(CCC)c3cc(OC)ccc32)c2ccc(C)cc12. The molecule has 0 aliphatic rings. The molecule has 0 aliphatic carbocycles. The highest BCUT2D eigenvalue weighted by Crippen LogP contribution is 2.28. The number of rotatable bonds is 9. The quantitative estimate of drug-likeness (QED) is 0.298. The lowest BCUT2D eigenvalue weighted by atomic mass is 10.1. The Bertz CT molecular complexity index is 1150. The van der Waals surface area contributed by atoms with Crippen LogP contribution >= 0.6 is 0 Å². The summed E-state index contributed by atoms with van der Waals surface area (Å²) in [6.07, 6.45) is 10.5. The zero-order chi connectivity index (χ0) is 21.1. The topological polar surface area (TPSA) is 19.1 Å². The Hall–Kier alpha value is -2.68. The smallest absolute Gasteiger partial charge is 0.119 e. The van der Waals surface area contributed by atoms with Crippen molar-refractivity contribution in [3.63, 3.8) is 0 Å². The van der Waals surface area contributed by atoms with Crippen LogP contribution in [0.5, 0.6) is 5.75 Å². The normalized spacial score (nSPS) is 11.6. The second-order valence-corrected chi connectivity index (χ2v) is 8.45. The van der Waals surface area contributed by atoms with Crippen molar-refractivity contribution in [3.05, 3.63) is 65.5 Å². The highest BCUT2D eigenvalue weighted by molar-refractivity contribution is 5.86. The Kier molecular flexibility index (Phi) is 6.17. The maximum absolute atomic E-state index is 5.46. The summed E-state index contributed by atoms with van der Waals surface area (Å²) in [7, 11) is 1.74. The third-order valence-corrected chi connectivity index (χ3v) is 6.13. The monoisotopic (exact) mass is 402 g/mol. The van der Waals surface area contributed by atoms with Gasteiger partial charge in [-0.25, -0.2) is 0 Å². The minimum Gasteiger partial charge on any atom is -0.497 e. The van der Waals surface area contributed by atoms with Crippen molar-refractivity contribution in [3.8, 4) is 5.75 Å². The van der Waals surface area contributed by atoms with Crippen LogP contribution in [-0.4, -0.2) is 16.2 Å². The van der Waals surface area contributed by atoms with E-state index in [0.29, 0.717) is 0 Å².